The molecule has 2 aromatic rings. The topological polar surface area (TPSA) is 117 Å². The lowest BCUT2D eigenvalue weighted by atomic mass is 10.0. The highest BCUT2D eigenvalue weighted by molar-refractivity contribution is 5.89. The number of ether oxygens (including phenoxy) is 4. The van der Waals surface area contributed by atoms with Crippen LogP contribution in [0.25, 0.3) is 0 Å². The Morgan fingerprint density at radius 1 is 0.795 bits per heavy atom. The average Bonchev–Trinajstić information content (AvgIpc) is 2.87. The lowest BCUT2D eigenvalue weighted by Gasteiger charge is -2.20. The van der Waals surface area contributed by atoms with Gasteiger partial charge < -0.3 is 24.3 Å². The molecule has 0 amide bonds. The zero-order valence-electron chi connectivity index (χ0n) is 23.5. The summed E-state index contributed by atoms with van der Waals surface area (Å²) in [6.07, 6.45) is 0.0547. The number of carbonyl (C=O) groups is 4. The second kappa shape index (κ2) is 15.6. The molecule has 9 heteroatoms. The minimum atomic E-state index is -0.776. The predicted molar refractivity (Wildman–Crippen MR) is 145 cm³/mol. The summed E-state index contributed by atoms with van der Waals surface area (Å²) < 4.78 is 21.4. The molecule has 0 saturated carbocycles. The molecule has 0 fully saturated rings. The Balaban J connectivity index is 2.15. The molecule has 2 atom stereocenters. The van der Waals surface area contributed by atoms with E-state index in [1.807, 2.05) is 33.8 Å². The molecule has 0 saturated heterocycles. The maximum Gasteiger partial charge on any atom is 0.338 e. The summed E-state index contributed by atoms with van der Waals surface area (Å²) in [6, 6.07) is 12.7. The highest BCUT2D eigenvalue weighted by atomic mass is 16.6. The quantitative estimate of drug-likeness (QED) is 0.272. The Labute approximate surface area is 230 Å². The third-order valence-corrected chi connectivity index (χ3v) is 5.50. The molecule has 0 aliphatic carbocycles. The maximum absolute atomic E-state index is 12.5. The van der Waals surface area contributed by atoms with Gasteiger partial charge in [-0.1, -0.05) is 52.0 Å². The number of hydrogen-bond donors (Lipinski definition) is 1. The Bertz CT molecular complexity index is 1110. The van der Waals surface area contributed by atoms with Crippen molar-refractivity contribution in [2.24, 2.45) is 11.8 Å². The van der Waals surface area contributed by atoms with Gasteiger partial charge in [-0.15, -0.1) is 0 Å². The Morgan fingerprint density at radius 2 is 1.38 bits per heavy atom. The number of benzene rings is 2. The van der Waals surface area contributed by atoms with Crippen molar-refractivity contribution in [1.82, 2.24) is 5.32 Å². The van der Waals surface area contributed by atoms with Crippen LogP contribution in [0.2, 0.25) is 0 Å². The van der Waals surface area contributed by atoms with Crippen LogP contribution in [-0.2, 0) is 30.3 Å². The SMILES string of the molecule is COC(=O)[C@H](Cc1ccc(OC(=O)CC(C)C)c(OC(=O)CC(C)C)c1)NCC(C)OC(=O)c1ccccc1. The Kier molecular flexibility index (Phi) is 12.6. The van der Waals surface area contributed by atoms with Crippen molar-refractivity contribution >= 4 is 23.9 Å². The van der Waals surface area contributed by atoms with Crippen LogP contribution in [0, 0.1) is 11.8 Å². The predicted octanol–water partition coefficient (Wildman–Crippen LogP) is 4.51. The molecule has 2 aromatic carbocycles. The Hall–Kier alpha value is -3.72. The van der Waals surface area contributed by atoms with Crippen molar-refractivity contribution in [1.29, 1.82) is 0 Å². The highest BCUT2D eigenvalue weighted by Gasteiger charge is 2.23. The van der Waals surface area contributed by atoms with Crippen molar-refractivity contribution in [2.45, 2.75) is 66.0 Å². The van der Waals surface area contributed by atoms with Gasteiger partial charge in [0.2, 0.25) is 0 Å². The molecule has 2 rings (SSSR count). The normalized spacial score (nSPS) is 12.5. The van der Waals surface area contributed by atoms with Gasteiger partial charge in [-0.3, -0.25) is 14.4 Å². The second-order valence-corrected chi connectivity index (χ2v) is 10.2. The first-order chi connectivity index (χ1) is 18.5. The minimum absolute atomic E-state index is 0.0820. The zero-order chi connectivity index (χ0) is 28.9. The van der Waals surface area contributed by atoms with Crippen LogP contribution >= 0.6 is 0 Å². The summed E-state index contributed by atoms with van der Waals surface area (Å²) in [4.78, 5) is 49.5. The molecule has 9 nitrogen and oxygen atoms in total. The third kappa shape index (κ3) is 11.3. The van der Waals surface area contributed by atoms with E-state index in [4.69, 9.17) is 18.9 Å². The summed E-state index contributed by atoms with van der Waals surface area (Å²) in [6.45, 7) is 9.50. The molecule has 0 heterocycles. The van der Waals surface area contributed by atoms with E-state index in [1.54, 1.807) is 49.4 Å². The Morgan fingerprint density at radius 3 is 1.95 bits per heavy atom. The number of carbonyl (C=O) groups excluding carboxylic acids is 4. The molecule has 0 aliphatic rings. The minimum Gasteiger partial charge on any atom is -0.468 e. The maximum atomic E-state index is 12.5. The molecule has 39 heavy (non-hydrogen) atoms. The summed E-state index contributed by atoms with van der Waals surface area (Å²) in [5, 5.41) is 3.09. The van der Waals surface area contributed by atoms with Crippen molar-refractivity contribution in [2.75, 3.05) is 13.7 Å². The molecule has 0 aromatic heterocycles. The second-order valence-electron chi connectivity index (χ2n) is 10.2. The van der Waals surface area contributed by atoms with Crippen LogP contribution < -0.4 is 14.8 Å². The van der Waals surface area contributed by atoms with Crippen LogP contribution in [-0.4, -0.2) is 49.7 Å². The lowest BCUT2D eigenvalue weighted by Crippen LogP contribution is -2.43. The molecule has 1 N–H and O–H groups in total. The zero-order valence-corrected chi connectivity index (χ0v) is 23.5. The third-order valence-electron chi connectivity index (χ3n) is 5.50. The smallest absolute Gasteiger partial charge is 0.338 e. The van der Waals surface area contributed by atoms with E-state index >= 15 is 0 Å². The first kappa shape index (κ1) is 31.5. The van der Waals surface area contributed by atoms with E-state index in [9.17, 15) is 19.2 Å². The highest BCUT2D eigenvalue weighted by Crippen LogP contribution is 2.30. The molecule has 0 aliphatic heterocycles. The summed E-state index contributed by atoms with van der Waals surface area (Å²) in [5.41, 5.74) is 1.07. The fourth-order valence-electron chi connectivity index (χ4n) is 3.63. The van der Waals surface area contributed by atoms with Crippen molar-refractivity contribution in [3.8, 4) is 11.5 Å². The monoisotopic (exact) mass is 541 g/mol. The largest absolute Gasteiger partial charge is 0.468 e. The number of rotatable bonds is 14. The van der Waals surface area contributed by atoms with Crippen molar-refractivity contribution in [3.63, 3.8) is 0 Å². The fraction of sp³-hybridized carbons (Fsp3) is 0.467. The van der Waals surface area contributed by atoms with Crippen LogP contribution in [0.5, 0.6) is 11.5 Å². The van der Waals surface area contributed by atoms with Gasteiger partial charge in [-0.2, -0.15) is 0 Å². The average molecular weight is 542 g/mol. The fourth-order valence-corrected chi connectivity index (χ4v) is 3.63. The molecule has 0 spiro atoms. The van der Waals surface area contributed by atoms with Gasteiger partial charge in [0.15, 0.2) is 11.5 Å². The molecular weight excluding hydrogens is 502 g/mol. The van der Waals surface area contributed by atoms with Crippen LogP contribution in [0.3, 0.4) is 0 Å². The summed E-state index contributed by atoms with van der Waals surface area (Å²) in [5.74, 6) is -1.46. The molecule has 1 unspecified atom stereocenters. The van der Waals surface area contributed by atoms with E-state index in [1.165, 1.54) is 7.11 Å². The van der Waals surface area contributed by atoms with Gasteiger partial charge in [0.25, 0.3) is 0 Å². The van der Waals surface area contributed by atoms with E-state index in [0.29, 0.717) is 11.1 Å². The van der Waals surface area contributed by atoms with Gasteiger partial charge >= 0.3 is 23.9 Å². The first-order valence-electron chi connectivity index (χ1n) is 13.1. The van der Waals surface area contributed by atoms with Crippen LogP contribution in [0.1, 0.15) is 63.4 Å². The molecular formula is C30H39NO8. The van der Waals surface area contributed by atoms with E-state index in [0.717, 1.165) is 0 Å². The van der Waals surface area contributed by atoms with E-state index < -0.39 is 36.0 Å². The number of methoxy groups -OCH3 is 1. The first-order valence-corrected chi connectivity index (χ1v) is 13.1. The van der Waals surface area contributed by atoms with Gasteiger partial charge in [0.05, 0.1) is 12.7 Å². The van der Waals surface area contributed by atoms with E-state index in [-0.39, 0.29) is 49.1 Å². The van der Waals surface area contributed by atoms with Gasteiger partial charge in [-0.05, 0) is 55.0 Å². The van der Waals surface area contributed by atoms with Crippen LogP contribution in [0.15, 0.2) is 48.5 Å². The molecule has 0 bridgehead atoms. The lowest BCUT2D eigenvalue weighted by molar-refractivity contribution is -0.143. The summed E-state index contributed by atoms with van der Waals surface area (Å²) >= 11 is 0. The number of nitrogens with one attached hydrogen (secondary N) is 1. The van der Waals surface area contributed by atoms with Gasteiger partial charge in [0, 0.05) is 19.4 Å². The standard InChI is InChI=1S/C30H39NO8/c1-19(2)14-27(32)38-25-13-12-22(17-26(25)39-28(33)15-20(3)4)16-24(30(35)36-6)31-18-21(5)37-29(34)23-10-8-7-9-11-23/h7-13,17,19-21,24,31H,14-16,18H2,1-6H3/t21?,24-/m0/s1. The van der Waals surface area contributed by atoms with Gasteiger partial charge in [-0.25, -0.2) is 4.79 Å². The molecule has 0 radical (unpaired) electrons. The van der Waals surface area contributed by atoms with E-state index in [2.05, 4.69) is 5.32 Å². The van der Waals surface area contributed by atoms with Gasteiger partial charge in [0.1, 0.15) is 12.1 Å². The van der Waals surface area contributed by atoms with Crippen molar-refractivity contribution in [3.05, 3.63) is 59.7 Å². The number of hydrogen-bond acceptors (Lipinski definition) is 9. The van der Waals surface area contributed by atoms with Crippen LogP contribution in [0.4, 0.5) is 0 Å². The molecule has 212 valence electrons. The summed E-state index contributed by atoms with van der Waals surface area (Å²) in [7, 11) is 1.28. The van der Waals surface area contributed by atoms with Crippen molar-refractivity contribution < 1.29 is 38.1 Å². The number of esters is 4.